The van der Waals surface area contributed by atoms with Gasteiger partial charge in [-0.2, -0.15) is 4.67 Å². The number of hydrogen-bond donors (Lipinski definition) is 2. The van der Waals surface area contributed by atoms with Crippen LogP contribution in [-0.2, 0) is 34.4 Å². The molecule has 2 rings (SSSR count). The third kappa shape index (κ3) is 17.4. The van der Waals surface area contributed by atoms with Crippen LogP contribution in [0.15, 0.2) is 0 Å². The molecule has 1 aliphatic rings. The lowest BCUT2D eigenvalue weighted by molar-refractivity contribution is -0.153. The van der Waals surface area contributed by atoms with Crippen LogP contribution in [0.1, 0.15) is 113 Å². The van der Waals surface area contributed by atoms with E-state index in [4.69, 9.17) is 38.0 Å². The highest BCUT2D eigenvalue weighted by atomic mass is 31.2. The number of rotatable bonds is 29. The number of benzene rings is 1. The van der Waals surface area contributed by atoms with Crippen LogP contribution < -0.4 is 9.47 Å². The van der Waals surface area contributed by atoms with Crippen molar-refractivity contribution in [2.75, 3.05) is 60.0 Å². The second kappa shape index (κ2) is 25.8. The lowest BCUT2D eigenvalue weighted by atomic mass is 9.90. The minimum atomic E-state index is -1.86. The standard InChI is InChI=1S/C36H65O10P/c1-28(2)16-14-12-10-8-7-9-11-13-15-17-33-18-19-34-31(5)35(29(3)30(4)36(34)45-33)43-25-24-41-21-20-40-22-23-42-26-32(37)27-44-47(39-6)46-38/h28,32-33,37-38H,7-27H2,1-6H3. The van der Waals surface area contributed by atoms with Crippen LogP contribution in [0, 0.1) is 26.7 Å². The Morgan fingerprint density at radius 2 is 1.36 bits per heavy atom. The summed E-state index contributed by atoms with van der Waals surface area (Å²) in [6, 6.07) is 0. The molecule has 0 aromatic heterocycles. The first-order valence-corrected chi connectivity index (χ1v) is 19.0. The molecule has 2 N–H and O–H groups in total. The zero-order chi connectivity index (χ0) is 34.3. The number of hydrogen-bond acceptors (Lipinski definition) is 10. The van der Waals surface area contributed by atoms with Gasteiger partial charge < -0.3 is 37.8 Å². The highest BCUT2D eigenvalue weighted by molar-refractivity contribution is 7.41. The van der Waals surface area contributed by atoms with Gasteiger partial charge in [-0.05, 0) is 69.1 Å². The van der Waals surface area contributed by atoms with E-state index in [0.717, 1.165) is 42.2 Å². The van der Waals surface area contributed by atoms with Crippen LogP contribution in [0.5, 0.6) is 11.5 Å². The van der Waals surface area contributed by atoms with Crippen molar-refractivity contribution in [3.05, 3.63) is 22.3 Å². The summed E-state index contributed by atoms with van der Waals surface area (Å²) in [6.45, 7) is 13.6. The number of fused-ring (bicyclic) bond motifs is 1. The molecule has 0 aliphatic carbocycles. The molecule has 0 radical (unpaired) electrons. The molecule has 3 atom stereocenters. The molecule has 0 saturated carbocycles. The molecular weight excluding hydrogens is 623 g/mol. The fourth-order valence-corrected chi connectivity index (χ4v) is 6.41. The summed E-state index contributed by atoms with van der Waals surface area (Å²) in [5, 5.41) is 18.3. The summed E-state index contributed by atoms with van der Waals surface area (Å²) in [5.74, 6) is 2.88. The first-order valence-electron chi connectivity index (χ1n) is 17.9. The van der Waals surface area contributed by atoms with Gasteiger partial charge in [-0.3, -0.25) is 0 Å². The average Bonchev–Trinajstić information content (AvgIpc) is 3.06. The maximum Gasteiger partial charge on any atom is 0.362 e. The number of unbranched alkanes of at least 4 members (excludes halogenated alkanes) is 8. The normalized spacial score (nSPS) is 15.9. The summed E-state index contributed by atoms with van der Waals surface area (Å²) >= 11 is 0. The van der Waals surface area contributed by atoms with E-state index in [1.54, 1.807) is 0 Å². The fourth-order valence-electron chi connectivity index (χ4n) is 5.90. The number of aliphatic hydroxyl groups is 1. The van der Waals surface area contributed by atoms with Gasteiger partial charge in [0.15, 0.2) is 0 Å². The van der Waals surface area contributed by atoms with E-state index in [9.17, 15) is 5.11 Å². The Bertz CT molecular complexity index is 943. The van der Waals surface area contributed by atoms with Gasteiger partial charge in [0, 0.05) is 12.7 Å². The van der Waals surface area contributed by atoms with Gasteiger partial charge in [-0.25, -0.2) is 5.26 Å². The molecule has 0 fully saturated rings. The van der Waals surface area contributed by atoms with E-state index in [2.05, 4.69) is 39.3 Å². The van der Waals surface area contributed by atoms with Crippen molar-refractivity contribution in [1.29, 1.82) is 0 Å². The summed E-state index contributed by atoms with van der Waals surface area (Å²) in [6.07, 6.45) is 16.4. The van der Waals surface area contributed by atoms with Crippen LogP contribution in [-0.4, -0.2) is 82.5 Å². The van der Waals surface area contributed by atoms with Crippen molar-refractivity contribution < 1.29 is 47.8 Å². The molecule has 3 unspecified atom stereocenters. The molecule has 274 valence electrons. The first-order chi connectivity index (χ1) is 22.8. The Hall–Kier alpha value is -1.07. The van der Waals surface area contributed by atoms with Gasteiger partial charge >= 0.3 is 8.60 Å². The lowest BCUT2D eigenvalue weighted by Crippen LogP contribution is -2.24. The number of ether oxygens (including phenoxy) is 5. The van der Waals surface area contributed by atoms with Crippen molar-refractivity contribution in [3.8, 4) is 11.5 Å². The van der Waals surface area contributed by atoms with Crippen LogP contribution >= 0.6 is 8.60 Å². The molecular formula is C36H65O10P. The Kier molecular flexibility index (Phi) is 23.1. The van der Waals surface area contributed by atoms with Crippen molar-refractivity contribution in [2.45, 2.75) is 130 Å². The van der Waals surface area contributed by atoms with Crippen LogP contribution in [0.4, 0.5) is 0 Å². The number of aliphatic hydroxyl groups excluding tert-OH is 1. The van der Waals surface area contributed by atoms with Crippen molar-refractivity contribution in [2.24, 2.45) is 5.92 Å². The zero-order valence-electron chi connectivity index (χ0n) is 30.2. The van der Waals surface area contributed by atoms with Crippen molar-refractivity contribution in [1.82, 2.24) is 0 Å². The second-order valence-corrected chi connectivity index (χ2v) is 14.3. The van der Waals surface area contributed by atoms with Gasteiger partial charge in [0.1, 0.15) is 24.2 Å². The quantitative estimate of drug-likeness (QED) is 0.0368. The average molecular weight is 689 g/mol. The SMILES string of the molecule is COP(OO)OCC(O)COCCOCCOCCOc1c(C)c(C)c2c(c1C)CCC(CCCCCCCCCCCC(C)C)O2. The minimum Gasteiger partial charge on any atom is -0.491 e. The highest BCUT2D eigenvalue weighted by Crippen LogP contribution is 2.42. The van der Waals surface area contributed by atoms with Crippen molar-refractivity contribution in [3.63, 3.8) is 0 Å². The Morgan fingerprint density at radius 1 is 0.766 bits per heavy atom. The summed E-state index contributed by atoms with van der Waals surface area (Å²) in [5.41, 5.74) is 4.82. The Labute approximate surface area is 286 Å². The van der Waals surface area contributed by atoms with Gasteiger partial charge in [-0.15, -0.1) is 0 Å². The molecule has 1 heterocycles. The van der Waals surface area contributed by atoms with Crippen molar-refractivity contribution >= 4 is 8.60 Å². The lowest BCUT2D eigenvalue weighted by Gasteiger charge is -2.31. The molecule has 47 heavy (non-hydrogen) atoms. The third-order valence-corrected chi connectivity index (χ3v) is 9.53. The molecule has 1 aromatic carbocycles. The Balaban J connectivity index is 1.55. The van der Waals surface area contributed by atoms with Gasteiger partial charge in [-0.1, -0.05) is 71.6 Å². The van der Waals surface area contributed by atoms with E-state index >= 15 is 0 Å². The molecule has 0 spiro atoms. The predicted octanol–water partition coefficient (Wildman–Crippen LogP) is 8.42. The maximum atomic E-state index is 9.79. The predicted molar refractivity (Wildman–Crippen MR) is 187 cm³/mol. The highest BCUT2D eigenvalue weighted by Gasteiger charge is 2.26. The summed E-state index contributed by atoms with van der Waals surface area (Å²) in [7, 11) is -0.530. The molecule has 0 bridgehead atoms. The molecule has 1 aromatic rings. The molecule has 11 heteroatoms. The van der Waals surface area contributed by atoms with Gasteiger partial charge in [0.2, 0.25) is 0 Å². The molecule has 0 amide bonds. The van der Waals surface area contributed by atoms with E-state index in [1.807, 2.05) is 0 Å². The summed E-state index contributed by atoms with van der Waals surface area (Å²) in [4.78, 5) is 0. The van der Waals surface area contributed by atoms with Gasteiger partial charge in [0.05, 0.1) is 52.4 Å². The third-order valence-electron chi connectivity index (χ3n) is 8.74. The van der Waals surface area contributed by atoms with Crippen LogP contribution in [0.2, 0.25) is 0 Å². The maximum absolute atomic E-state index is 9.79. The Morgan fingerprint density at radius 3 is 1.98 bits per heavy atom. The summed E-state index contributed by atoms with van der Waals surface area (Å²) < 4.78 is 43.1. The smallest absolute Gasteiger partial charge is 0.362 e. The molecule has 0 saturated heterocycles. The van der Waals surface area contributed by atoms with E-state index in [1.165, 1.54) is 88.0 Å². The monoisotopic (exact) mass is 688 g/mol. The molecule has 10 nitrogen and oxygen atoms in total. The van der Waals surface area contributed by atoms with E-state index in [-0.39, 0.29) is 13.2 Å². The molecule has 1 aliphatic heterocycles. The fraction of sp³-hybridized carbons (Fsp3) is 0.833. The second-order valence-electron chi connectivity index (χ2n) is 13.0. The zero-order valence-corrected chi connectivity index (χ0v) is 31.1. The van der Waals surface area contributed by atoms with Gasteiger partial charge in [0.25, 0.3) is 0 Å². The van der Waals surface area contributed by atoms with E-state index in [0.29, 0.717) is 45.7 Å². The topological polar surface area (TPSA) is 114 Å². The van der Waals surface area contributed by atoms with E-state index < -0.39 is 14.7 Å². The largest absolute Gasteiger partial charge is 0.491 e. The van der Waals surface area contributed by atoms with Crippen LogP contribution in [0.3, 0.4) is 0 Å². The minimum absolute atomic E-state index is 0.0717. The van der Waals surface area contributed by atoms with Crippen LogP contribution in [0.25, 0.3) is 0 Å². The first kappa shape index (κ1) is 42.1.